The number of aliphatic carboxylic acids is 1. The van der Waals surface area contributed by atoms with Crippen LogP contribution in [0.3, 0.4) is 0 Å². The van der Waals surface area contributed by atoms with Gasteiger partial charge in [0.25, 0.3) is 0 Å². The zero-order valence-corrected chi connectivity index (χ0v) is 28.4. The van der Waals surface area contributed by atoms with Gasteiger partial charge in [0.1, 0.15) is 11.6 Å². The number of carbonyl (C=O) groups is 4. The summed E-state index contributed by atoms with van der Waals surface area (Å²) in [6.07, 6.45) is 8.26. The summed E-state index contributed by atoms with van der Waals surface area (Å²) in [6.45, 7) is 3.98. The quantitative estimate of drug-likeness (QED) is 0.111. The Morgan fingerprint density at radius 3 is 2.37 bits per heavy atom. The number of fused-ring (bicyclic) bond motifs is 1. The van der Waals surface area contributed by atoms with Crippen LogP contribution in [0.25, 0.3) is 10.9 Å². The molecule has 4 aliphatic rings. The molecule has 4 saturated carbocycles. The summed E-state index contributed by atoms with van der Waals surface area (Å²) >= 11 is 0. The van der Waals surface area contributed by atoms with Crippen LogP contribution in [0.2, 0.25) is 0 Å². The summed E-state index contributed by atoms with van der Waals surface area (Å²) in [5, 5.41) is 22.2. The average Bonchev–Trinajstić information content (AvgIpc) is 3.45. The number of carbonyl (C=O) groups excluding carboxylic acids is 3. The molecule has 4 amide bonds. The smallest absolute Gasteiger partial charge is 0.408 e. The number of carboxylic acid groups (broad SMARTS) is 1. The van der Waals surface area contributed by atoms with Gasteiger partial charge in [0.2, 0.25) is 5.91 Å². The number of amides is 4. The number of aromatic nitrogens is 1. The van der Waals surface area contributed by atoms with E-state index in [2.05, 4.69) is 26.3 Å². The van der Waals surface area contributed by atoms with Crippen LogP contribution in [0.1, 0.15) is 75.8 Å². The third-order valence-electron chi connectivity index (χ3n) is 10.9. The zero-order valence-electron chi connectivity index (χ0n) is 28.4. The van der Waals surface area contributed by atoms with Crippen LogP contribution in [0.5, 0.6) is 0 Å². The number of aryl methyl sites for hydroxylation is 1. The minimum absolute atomic E-state index is 0.139. The Labute approximate surface area is 287 Å². The van der Waals surface area contributed by atoms with E-state index in [1.54, 1.807) is 6.92 Å². The second-order valence-electron chi connectivity index (χ2n) is 14.8. The fraction of sp³-hybridized carbons (Fsp3) is 0.526. The van der Waals surface area contributed by atoms with Crippen molar-refractivity contribution in [3.8, 4) is 0 Å². The molecule has 11 nitrogen and oxygen atoms in total. The molecule has 4 aliphatic carbocycles. The zero-order chi connectivity index (χ0) is 34.5. The van der Waals surface area contributed by atoms with E-state index in [0.717, 1.165) is 65.2 Å². The highest BCUT2D eigenvalue weighted by Crippen LogP contribution is 2.54. The standard InChI is InChI=1S/C38H49N5O6/c1-23-9-3-5-12-31(23)42-36(47)39-14-8-7-10-29(20-33(44)45)41-35(46)38(2,21-28-22-40-32-13-6-4-11-30(28)32)43-37(48)49-34-26-16-24-15-25(18-26)19-27(34)17-24/h3-6,9,11-13,22,24-27,29,34,40H,7-8,10,14-21H2,1-2H3,(H,41,46)(H,43,48)(H,44,45)(H2,39,42,47)/t24?,25?,26?,27?,29-,34?,38-/m0/s1. The maximum absolute atomic E-state index is 14.1. The number of rotatable bonds is 14. The van der Waals surface area contributed by atoms with Gasteiger partial charge in [-0.3, -0.25) is 9.59 Å². The summed E-state index contributed by atoms with van der Waals surface area (Å²) < 4.78 is 6.13. The largest absolute Gasteiger partial charge is 0.481 e. The fourth-order valence-electron chi connectivity index (χ4n) is 8.66. The van der Waals surface area contributed by atoms with Gasteiger partial charge >= 0.3 is 18.1 Å². The topological polar surface area (TPSA) is 162 Å². The van der Waals surface area contributed by atoms with Gasteiger partial charge < -0.3 is 36.1 Å². The summed E-state index contributed by atoms with van der Waals surface area (Å²) in [6, 6.07) is 14.3. The van der Waals surface area contributed by atoms with Crippen molar-refractivity contribution in [2.45, 2.75) is 95.7 Å². The predicted molar refractivity (Wildman–Crippen MR) is 187 cm³/mol. The van der Waals surface area contributed by atoms with Gasteiger partial charge in [-0.1, -0.05) is 36.4 Å². The normalized spacial score (nSPS) is 24.1. The monoisotopic (exact) mass is 671 g/mol. The highest BCUT2D eigenvalue weighted by atomic mass is 16.6. The van der Waals surface area contributed by atoms with E-state index in [-0.39, 0.29) is 25.0 Å². The second-order valence-corrected chi connectivity index (χ2v) is 14.8. The molecule has 11 heteroatoms. The summed E-state index contributed by atoms with van der Waals surface area (Å²) in [5.74, 6) is 0.717. The van der Waals surface area contributed by atoms with Crippen LogP contribution in [0.15, 0.2) is 54.7 Å². The Morgan fingerprint density at radius 2 is 1.65 bits per heavy atom. The maximum atomic E-state index is 14.1. The van der Waals surface area contributed by atoms with E-state index in [1.807, 2.05) is 61.7 Å². The molecule has 49 heavy (non-hydrogen) atoms. The van der Waals surface area contributed by atoms with Crippen molar-refractivity contribution >= 4 is 40.6 Å². The number of carboxylic acids is 1. The molecular weight excluding hydrogens is 622 g/mol. The summed E-state index contributed by atoms with van der Waals surface area (Å²) in [5.41, 5.74) is 2.04. The number of urea groups is 1. The van der Waals surface area contributed by atoms with Gasteiger partial charge in [-0.2, -0.15) is 0 Å². The van der Waals surface area contributed by atoms with Crippen molar-refractivity contribution < 1.29 is 29.0 Å². The molecule has 262 valence electrons. The van der Waals surface area contributed by atoms with Crippen LogP contribution in [0, 0.1) is 30.6 Å². The number of hydrogen-bond acceptors (Lipinski definition) is 5. The van der Waals surface area contributed by atoms with Crippen LogP contribution >= 0.6 is 0 Å². The van der Waals surface area contributed by atoms with Gasteiger partial charge in [0.05, 0.1) is 6.42 Å². The number of hydrogen-bond donors (Lipinski definition) is 6. The molecule has 7 rings (SSSR count). The number of anilines is 1. The number of benzene rings is 2. The third kappa shape index (κ3) is 8.37. The first-order chi connectivity index (χ1) is 23.6. The number of aromatic amines is 1. The summed E-state index contributed by atoms with van der Waals surface area (Å²) in [4.78, 5) is 55.1. The highest BCUT2D eigenvalue weighted by molar-refractivity contribution is 5.92. The van der Waals surface area contributed by atoms with Gasteiger partial charge in [-0.15, -0.1) is 0 Å². The van der Waals surface area contributed by atoms with Gasteiger partial charge in [-0.05, 0) is 112 Å². The van der Waals surface area contributed by atoms with Crippen LogP contribution in [0.4, 0.5) is 15.3 Å². The lowest BCUT2D eigenvalue weighted by molar-refractivity contribution is -0.138. The molecule has 4 bridgehead atoms. The number of para-hydroxylation sites is 2. The van der Waals surface area contributed by atoms with Crippen molar-refractivity contribution in [3.05, 3.63) is 65.9 Å². The van der Waals surface area contributed by atoms with E-state index < -0.39 is 29.6 Å². The maximum Gasteiger partial charge on any atom is 0.408 e. The number of unbranched alkanes of at least 4 members (excludes halogenated alkanes) is 1. The van der Waals surface area contributed by atoms with Crippen LogP contribution in [-0.4, -0.2) is 58.3 Å². The van der Waals surface area contributed by atoms with E-state index in [9.17, 15) is 24.3 Å². The van der Waals surface area contributed by atoms with Crippen molar-refractivity contribution in [2.24, 2.45) is 23.7 Å². The molecule has 1 aromatic heterocycles. The lowest BCUT2D eigenvalue weighted by Gasteiger charge is -2.53. The molecule has 4 fully saturated rings. The van der Waals surface area contributed by atoms with Crippen molar-refractivity contribution in [1.82, 2.24) is 20.9 Å². The molecule has 0 radical (unpaired) electrons. The van der Waals surface area contributed by atoms with E-state index in [0.29, 0.717) is 37.6 Å². The molecule has 0 spiro atoms. The lowest BCUT2D eigenvalue weighted by Crippen LogP contribution is -2.61. The molecule has 2 aromatic carbocycles. The molecule has 0 saturated heterocycles. The number of H-pyrrole nitrogens is 1. The molecule has 3 aromatic rings. The van der Waals surface area contributed by atoms with Crippen molar-refractivity contribution in [1.29, 1.82) is 0 Å². The first-order valence-electron chi connectivity index (χ1n) is 17.7. The molecule has 2 atom stereocenters. The first kappa shape index (κ1) is 34.3. The molecular formula is C38H49N5O6. The Hall–Kier alpha value is -4.54. The third-order valence-corrected chi connectivity index (χ3v) is 10.9. The van der Waals surface area contributed by atoms with E-state index in [1.165, 1.54) is 6.42 Å². The van der Waals surface area contributed by atoms with Gasteiger partial charge in [0.15, 0.2) is 0 Å². The minimum Gasteiger partial charge on any atom is -0.481 e. The number of alkyl carbamates (subject to hydrolysis) is 1. The SMILES string of the molecule is Cc1ccccc1NC(=O)NCCCC[C@@H](CC(=O)O)NC(=O)[C@](C)(Cc1c[nH]c2ccccc12)NC(=O)OC1C2CC3CC(C2)CC1C3. The molecule has 0 unspecified atom stereocenters. The van der Waals surface area contributed by atoms with Crippen LogP contribution < -0.4 is 21.3 Å². The van der Waals surface area contributed by atoms with Crippen molar-refractivity contribution in [2.75, 3.05) is 11.9 Å². The Bertz CT molecular complexity index is 1640. The first-order valence-corrected chi connectivity index (χ1v) is 17.7. The summed E-state index contributed by atoms with van der Waals surface area (Å²) in [7, 11) is 0. The average molecular weight is 672 g/mol. The molecule has 0 aliphatic heterocycles. The number of ether oxygens (including phenoxy) is 1. The van der Waals surface area contributed by atoms with Crippen molar-refractivity contribution in [3.63, 3.8) is 0 Å². The molecule has 1 heterocycles. The van der Waals surface area contributed by atoms with Gasteiger partial charge in [-0.25, -0.2) is 9.59 Å². The molecule has 6 N–H and O–H groups in total. The van der Waals surface area contributed by atoms with E-state index in [4.69, 9.17) is 4.74 Å². The van der Waals surface area contributed by atoms with Crippen LogP contribution in [-0.2, 0) is 20.7 Å². The van der Waals surface area contributed by atoms with E-state index >= 15 is 0 Å². The van der Waals surface area contributed by atoms with Gasteiger partial charge in [0, 0.05) is 41.8 Å². The second kappa shape index (κ2) is 14.9. The predicted octanol–water partition coefficient (Wildman–Crippen LogP) is 6.28. The minimum atomic E-state index is -1.42. The Morgan fingerprint density at radius 1 is 0.959 bits per heavy atom. The number of nitrogens with one attached hydrogen (secondary N) is 5. The Kier molecular flexibility index (Phi) is 10.5. The highest BCUT2D eigenvalue weighted by Gasteiger charge is 2.50. The fourth-order valence-corrected chi connectivity index (χ4v) is 8.66. The Balaban J connectivity index is 1.09. The lowest BCUT2D eigenvalue weighted by atomic mass is 9.55.